The zero-order chi connectivity index (χ0) is 19.1. The van der Waals surface area contributed by atoms with Crippen molar-refractivity contribution in [2.24, 2.45) is 11.8 Å². The molecule has 27 heavy (non-hydrogen) atoms. The molecule has 3 rings (SSSR count). The molecular weight excluding hydrogens is 332 g/mol. The van der Waals surface area contributed by atoms with Gasteiger partial charge in [0.2, 0.25) is 0 Å². The molecule has 3 heteroatoms. The van der Waals surface area contributed by atoms with Gasteiger partial charge in [0.25, 0.3) is 0 Å². The Morgan fingerprint density at radius 1 is 1.11 bits per heavy atom. The molecule has 2 saturated heterocycles. The zero-order valence-electron chi connectivity index (χ0n) is 17.5. The number of hydrogen-bond donors (Lipinski definition) is 2. The SMILES string of the molecule is CC(C)CC1CC(CCCCc2ccc(C(O)N3CCCC3)cc2)CCN1. The third-order valence-electron chi connectivity index (χ3n) is 6.45. The molecule has 2 fully saturated rings. The number of nitrogens with zero attached hydrogens (tertiary/aromatic N) is 1. The predicted molar refractivity (Wildman–Crippen MR) is 114 cm³/mol. The Bertz CT molecular complexity index is 536. The molecule has 2 aliphatic heterocycles. The van der Waals surface area contributed by atoms with Gasteiger partial charge < -0.3 is 10.4 Å². The van der Waals surface area contributed by atoms with Crippen LogP contribution in [0, 0.1) is 11.8 Å². The Balaban J connectivity index is 1.35. The average Bonchev–Trinajstić information content (AvgIpc) is 3.20. The minimum Gasteiger partial charge on any atom is -0.374 e. The topological polar surface area (TPSA) is 35.5 Å². The number of rotatable bonds is 9. The van der Waals surface area contributed by atoms with Crippen molar-refractivity contribution in [3.05, 3.63) is 35.4 Å². The van der Waals surface area contributed by atoms with Gasteiger partial charge in [0.1, 0.15) is 6.23 Å². The molecule has 0 aliphatic carbocycles. The molecule has 0 bridgehead atoms. The third kappa shape index (κ3) is 6.58. The summed E-state index contributed by atoms with van der Waals surface area (Å²) in [5.74, 6) is 1.72. The molecule has 3 nitrogen and oxygen atoms in total. The summed E-state index contributed by atoms with van der Waals surface area (Å²) in [5, 5.41) is 14.2. The average molecular weight is 373 g/mol. The van der Waals surface area contributed by atoms with E-state index in [1.165, 1.54) is 69.9 Å². The van der Waals surface area contributed by atoms with Crippen LogP contribution in [0.1, 0.15) is 82.6 Å². The number of piperidine rings is 1. The maximum absolute atomic E-state index is 10.5. The lowest BCUT2D eigenvalue weighted by molar-refractivity contribution is 0.0190. The van der Waals surface area contributed by atoms with Gasteiger partial charge in [0.05, 0.1) is 0 Å². The summed E-state index contributed by atoms with van der Waals surface area (Å²) in [7, 11) is 0. The number of unbranched alkanes of at least 4 members (excludes halogenated alkanes) is 1. The summed E-state index contributed by atoms with van der Waals surface area (Å²) in [6.45, 7) is 7.93. The van der Waals surface area contributed by atoms with E-state index in [9.17, 15) is 5.11 Å². The molecule has 3 unspecified atom stereocenters. The molecule has 0 radical (unpaired) electrons. The molecule has 1 aromatic carbocycles. The minimum absolute atomic E-state index is 0.416. The van der Waals surface area contributed by atoms with Gasteiger partial charge in [-0.15, -0.1) is 0 Å². The Morgan fingerprint density at radius 3 is 2.56 bits per heavy atom. The number of hydrogen-bond acceptors (Lipinski definition) is 3. The van der Waals surface area contributed by atoms with Gasteiger partial charge in [-0.3, -0.25) is 4.90 Å². The number of likely N-dealkylation sites (tertiary alicyclic amines) is 1. The first kappa shape index (κ1) is 20.8. The van der Waals surface area contributed by atoms with Crippen molar-refractivity contribution < 1.29 is 5.11 Å². The number of nitrogens with one attached hydrogen (secondary N) is 1. The Kier molecular flexibility index (Phi) is 8.17. The second-order valence-corrected chi connectivity index (χ2v) is 9.28. The van der Waals surface area contributed by atoms with Gasteiger partial charge in [0.15, 0.2) is 0 Å². The first-order valence-electron chi connectivity index (χ1n) is 11.4. The third-order valence-corrected chi connectivity index (χ3v) is 6.45. The highest BCUT2D eigenvalue weighted by Gasteiger charge is 2.22. The quantitative estimate of drug-likeness (QED) is 0.605. The van der Waals surface area contributed by atoms with E-state index in [2.05, 4.69) is 48.3 Å². The second-order valence-electron chi connectivity index (χ2n) is 9.28. The van der Waals surface area contributed by atoms with Crippen molar-refractivity contribution >= 4 is 0 Å². The maximum atomic E-state index is 10.5. The molecule has 3 atom stereocenters. The van der Waals surface area contributed by atoms with Crippen molar-refractivity contribution in [3.8, 4) is 0 Å². The molecule has 2 N–H and O–H groups in total. The molecule has 0 spiro atoms. The van der Waals surface area contributed by atoms with Gasteiger partial charge in [-0.2, -0.15) is 0 Å². The molecule has 2 heterocycles. The molecule has 0 amide bonds. The maximum Gasteiger partial charge on any atom is 0.133 e. The van der Waals surface area contributed by atoms with Crippen LogP contribution in [0.2, 0.25) is 0 Å². The fourth-order valence-corrected chi connectivity index (χ4v) is 4.92. The summed E-state index contributed by atoms with van der Waals surface area (Å²) in [5.41, 5.74) is 2.46. The van der Waals surface area contributed by atoms with E-state index in [1.54, 1.807) is 0 Å². The van der Waals surface area contributed by atoms with Crippen LogP contribution >= 0.6 is 0 Å². The highest BCUT2D eigenvalue weighted by molar-refractivity contribution is 5.24. The molecule has 2 aliphatic rings. The highest BCUT2D eigenvalue weighted by Crippen LogP contribution is 2.26. The second kappa shape index (κ2) is 10.6. The number of benzene rings is 1. The molecule has 0 aromatic heterocycles. The van der Waals surface area contributed by atoms with E-state index in [1.807, 2.05) is 0 Å². The first-order valence-corrected chi connectivity index (χ1v) is 11.4. The van der Waals surface area contributed by atoms with Crippen LogP contribution in [0.25, 0.3) is 0 Å². The van der Waals surface area contributed by atoms with Gasteiger partial charge >= 0.3 is 0 Å². The van der Waals surface area contributed by atoms with E-state index < -0.39 is 6.23 Å². The van der Waals surface area contributed by atoms with E-state index >= 15 is 0 Å². The number of aliphatic hydroxyl groups is 1. The molecule has 1 aromatic rings. The summed E-state index contributed by atoms with van der Waals surface area (Å²) in [6.07, 6.45) is 11.3. The van der Waals surface area contributed by atoms with Crippen molar-refractivity contribution in [3.63, 3.8) is 0 Å². The Hall–Kier alpha value is -0.900. The summed E-state index contributed by atoms with van der Waals surface area (Å²) < 4.78 is 0. The van der Waals surface area contributed by atoms with Crippen LogP contribution < -0.4 is 5.32 Å². The Morgan fingerprint density at radius 2 is 1.85 bits per heavy atom. The number of aliphatic hydroxyl groups excluding tert-OH is 1. The normalized spacial score (nSPS) is 25.2. The van der Waals surface area contributed by atoms with E-state index in [-0.39, 0.29) is 0 Å². The van der Waals surface area contributed by atoms with E-state index in [4.69, 9.17) is 0 Å². The highest BCUT2D eigenvalue weighted by atomic mass is 16.3. The molecule has 152 valence electrons. The van der Waals surface area contributed by atoms with Crippen molar-refractivity contribution in [1.82, 2.24) is 10.2 Å². The van der Waals surface area contributed by atoms with Crippen LogP contribution in [0.15, 0.2) is 24.3 Å². The lowest BCUT2D eigenvalue weighted by atomic mass is 9.85. The lowest BCUT2D eigenvalue weighted by Crippen LogP contribution is -2.38. The van der Waals surface area contributed by atoms with Crippen molar-refractivity contribution in [1.29, 1.82) is 0 Å². The molecular formula is C24H40N2O. The standard InChI is InChI=1S/C24H40N2O/c1-19(2)17-23-18-21(13-14-25-23)8-4-3-7-20-9-11-22(12-10-20)24(27)26-15-5-6-16-26/h9-12,19,21,23-25,27H,3-8,13-18H2,1-2H3. The Labute approximate surface area is 166 Å². The van der Waals surface area contributed by atoms with E-state index in [0.717, 1.165) is 36.5 Å². The van der Waals surface area contributed by atoms with E-state index in [0.29, 0.717) is 0 Å². The largest absolute Gasteiger partial charge is 0.374 e. The lowest BCUT2D eigenvalue weighted by Gasteiger charge is -2.31. The van der Waals surface area contributed by atoms with Gasteiger partial charge in [-0.1, -0.05) is 51.0 Å². The summed E-state index contributed by atoms with van der Waals surface area (Å²) in [6, 6.07) is 9.44. The smallest absolute Gasteiger partial charge is 0.133 e. The monoisotopic (exact) mass is 372 g/mol. The van der Waals surface area contributed by atoms with Crippen LogP contribution in [0.4, 0.5) is 0 Å². The van der Waals surface area contributed by atoms with Crippen molar-refractivity contribution in [2.75, 3.05) is 19.6 Å². The van der Waals surface area contributed by atoms with Crippen LogP contribution in [0.3, 0.4) is 0 Å². The van der Waals surface area contributed by atoms with Crippen LogP contribution in [-0.4, -0.2) is 35.7 Å². The van der Waals surface area contributed by atoms with Crippen molar-refractivity contribution in [2.45, 2.75) is 83.9 Å². The fourth-order valence-electron chi connectivity index (χ4n) is 4.92. The van der Waals surface area contributed by atoms with Crippen LogP contribution in [0.5, 0.6) is 0 Å². The van der Waals surface area contributed by atoms with Gasteiger partial charge in [0, 0.05) is 19.1 Å². The molecule has 0 saturated carbocycles. The first-order chi connectivity index (χ1) is 13.1. The summed E-state index contributed by atoms with van der Waals surface area (Å²) >= 11 is 0. The van der Waals surface area contributed by atoms with Gasteiger partial charge in [-0.05, 0) is 74.5 Å². The minimum atomic E-state index is -0.416. The summed E-state index contributed by atoms with van der Waals surface area (Å²) in [4.78, 5) is 2.18. The zero-order valence-corrected chi connectivity index (χ0v) is 17.5. The fraction of sp³-hybridized carbons (Fsp3) is 0.750. The predicted octanol–water partition coefficient (Wildman–Crippen LogP) is 4.90. The number of aryl methyl sites for hydroxylation is 1. The van der Waals surface area contributed by atoms with Crippen LogP contribution in [-0.2, 0) is 6.42 Å². The van der Waals surface area contributed by atoms with Gasteiger partial charge in [-0.25, -0.2) is 0 Å².